The molecule has 1 aliphatic heterocycles. The Bertz CT molecular complexity index is 1610. The zero-order valence-electron chi connectivity index (χ0n) is 24.0. The highest BCUT2D eigenvalue weighted by atomic mass is 19.4. The van der Waals surface area contributed by atoms with Gasteiger partial charge in [-0.15, -0.1) is 0 Å². The number of ketones is 3. The number of phenolic OH excluding ortho intramolecular Hbond substituents is 2. The van der Waals surface area contributed by atoms with Gasteiger partial charge in [0.15, 0.2) is 17.3 Å². The Morgan fingerprint density at radius 3 is 2.40 bits per heavy atom. The molecular formula is C31H31F3N2O7. The number of fused-ring (bicyclic) bond motifs is 3. The van der Waals surface area contributed by atoms with Crippen molar-refractivity contribution in [3.63, 3.8) is 0 Å². The van der Waals surface area contributed by atoms with E-state index in [9.17, 15) is 42.6 Å². The predicted octanol–water partition coefficient (Wildman–Crippen LogP) is 5.38. The third-order valence-electron chi connectivity index (χ3n) is 7.70. The Labute approximate surface area is 245 Å². The van der Waals surface area contributed by atoms with Crippen LogP contribution in [0, 0.1) is 6.92 Å². The van der Waals surface area contributed by atoms with Crippen molar-refractivity contribution in [1.29, 1.82) is 0 Å². The van der Waals surface area contributed by atoms with E-state index in [1.54, 1.807) is 6.92 Å². The van der Waals surface area contributed by atoms with Crippen LogP contribution in [0.3, 0.4) is 0 Å². The molecule has 0 saturated carbocycles. The summed E-state index contributed by atoms with van der Waals surface area (Å²) in [5, 5.41) is 26.9. The van der Waals surface area contributed by atoms with Crippen LogP contribution in [0.2, 0.25) is 0 Å². The molecule has 0 bridgehead atoms. The molecule has 9 nitrogen and oxygen atoms in total. The highest BCUT2D eigenvalue weighted by molar-refractivity contribution is 6.31. The molecule has 43 heavy (non-hydrogen) atoms. The Morgan fingerprint density at radius 1 is 1.05 bits per heavy atom. The number of benzene rings is 2. The van der Waals surface area contributed by atoms with E-state index in [-0.39, 0.29) is 45.9 Å². The number of amides is 1. The van der Waals surface area contributed by atoms with Crippen LogP contribution in [-0.2, 0) is 26.0 Å². The highest BCUT2D eigenvalue weighted by Crippen LogP contribution is 2.57. The lowest BCUT2D eigenvalue weighted by molar-refractivity contribution is -0.137. The van der Waals surface area contributed by atoms with E-state index in [1.165, 1.54) is 32.9 Å². The van der Waals surface area contributed by atoms with E-state index in [2.05, 4.69) is 10.6 Å². The molecule has 1 aliphatic carbocycles. The van der Waals surface area contributed by atoms with Crippen LogP contribution in [0.4, 0.5) is 18.9 Å². The monoisotopic (exact) mass is 600 g/mol. The summed E-state index contributed by atoms with van der Waals surface area (Å²) in [6.45, 7) is 6.02. The van der Waals surface area contributed by atoms with Gasteiger partial charge in [0.05, 0.1) is 16.7 Å². The Hall–Kier alpha value is -4.61. The highest BCUT2D eigenvalue weighted by Gasteiger charge is 2.56. The van der Waals surface area contributed by atoms with Crippen LogP contribution in [0.15, 0.2) is 47.4 Å². The number of allylic oxidation sites excluding steroid dienone is 4. The molecule has 2 aliphatic rings. The molecule has 0 saturated heterocycles. The number of unbranched alkanes of at least 4 members (excludes halogenated alkanes) is 2. The number of aromatic hydroxyl groups is 2. The number of hydrogen-bond donors (Lipinski definition) is 4. The second-order valence-electron chi connectivity index (χ2n) is 10.8. The molecule has 0 aromatic heterocycles. The Morgan fingerprint density at radius 2 is 1.74 bits per heavy atom. The standard InChI is InChI=1S/C31H31F3N2O7/c1-15-26(40)24(17(3)37)28-25(27(15)41)30(4)21(43-28)14-20(38)23(29(30)42)16(2)35-12-7-5-6-11-22(39)36-19-10-8-9-18(13-19)31(32,33)34/h8-10,13-14,35,40-41H,5-7,11-12H2,1-4H3,(H,36,39)/b23-16+. The van der Waals surface area contributed by atoms with Gasteiger partial charge >= 0.3 is 6.18 Å². The van der Waals surface area contributed by atoms with Crippen molar-refractivity contribution in [2.45, 2.75) is 65.0 Å². The molecular weight excluding hydrogens is 569 g/mol. The molecule has 2 aromatic rings. The summed E-state index contributed by atoms with van der Waals surface area (Å²) in [5.41, 5.74) is -2.43. The zero-order chi connectivity index (χ0) is 31.9. The summed E-state index contributed by atoms with van der Waals surface area (Å²) in [5.74, 6) is -3.31. The summed E-state index contributed by atoms with van der Waals surface area (Å²) >= 11 is 0. The van der Waals surface area contributed by atoms with Gasteiger partial charge in [0.1, 0.15) is 34.0 Å². The molecule has 1 atom stereocenters. The van der Waals surface area contributed by atoms with Crippen LogP contribution in [0.5, 0.6) is 17.2 Å². The minimum absolute atomic E-state index is 0.00334. The lowest BCUT2D eigenvalue weighted by Gasteiger charge is -2.29. The zero-order valence-corrected chi connectivity index (χ0v) is 24.0. The van der Waals surface area contributed by atoms with Gasteiger partial charge in [-0.2, -0.15) is 13.2 Å². The maximum atomic E-state index is 13.8. The quantitative estimate of drug-likeness (QED) is 0.130. The first-order chi connectivity index (χ1) is 20.1. The van der Waals surface area contributed by atoms with E-state index in [4.69, 9.17) is 4.74 Å². The number of anilines is 1. The minimum atomic E-state index is -4.51. The fraction of sp³-hybridized carbons (Fsp3) is 0.355. The fourth-order valence-electron chi connectivity index (χ4n) is 5.31. The fourth-order valence-corrected chi connectivity index (χ4v) is 5.31. The number of alkyl halides is 3. The van der Waals surface area contributed by atoms with Gasteiger partial charge < -0.3 is 25.6 Å². The van der Waals surface area contributed by atoms with Crippen molar-refractivity contribution in [1.82, 2.24) is 5.32 Å². The first-order valence-electron chi connectivity index (χ1n) is 13.6. The lowest BCUT2D eigenvalue weighted by Crippen LogP contribution is -2.41. The first kappa shape index (κ1) is 31.3. The summed E-state index contributed by atoms with van der Waals surface area (Å²) in [6, 6.07) is 4.39. The average Bonchev–Trinajstić information content (AvgIpc) is 3.21. The van der Waals surface area contributed by atoms with Crippen molar-refractivity contribution < 1.29 is 47.3 Å². The van der Waals surface area contributed by atoms with Crippen LogP contribution in [0.25, 0.3) is 0 Å². The minimum Gasteiger partial charge on any atom is -0.507 e. The molecule has 0 fully saturated rings. The van der Waals surface area contributed by atoms with Crippen molar-refractivity contribution in [3.05, 3.63) is 69.6 Å². The van der Waals surface area contributed by atoms with E-state index in [0.29, 0.717) is 31.5 Å². The molecule has 0 radical (unpaired) electrons. The SMILES string of the molecule is CC(=O)c1c(O)c(C)c(O)c2c1OC1=CC(=O)/C(=C(/C)NCCCCCC(=O)Nc3cccc(C(F)(F)F)c3)C(=O)C12C. The van der Waals surface area contributed by atoms with Gasteiger partial charge in [-0.1, -0.05) is 12.5 Å². The summed E-state index contributed by atoms with van der Waals surface area (Å²) in [7, 11) is 0. The molecule has 4 N–H and O–H groups in total. The summed E-state index contributed by atoms with van der Waals surface area (Å²) in [6.07, 6.45) is -1.66. The van der Waals surface area contributed by atoms with Gasteiger partial charge in [-0.3, -0.25) is 19.2 Å². The normalized spacial score (nSPS) is 18.8. The molecule has 1 unspecified atom stereocenters. The van der Waals surface area contributed by atoms with Crippen LogP contribution >= 0.6 is 0 Å². The van der Waals surface area contributed by atoms with Crippen LogP contribution in [0.1, 0.15) is 73.5 Å². The molecule has 1 heterocycles. The number of rotatable bonds is 9. The average molecular weight is 601 g/mol. The van der Waals surface area contributed by atoms with Gasteiger partial charge in [0.2, 0.25) is 5.91 Å². The number of carbonyl (C=O) groups is 4. The topological polar surface area (TPSA) is 142 Å². The summed E-state index contributed by atoms with van der Waals surface area (Å²) < 4.78 is 44.4. The van der Waals surface area contributed by atoms with E-state index >= 15 is 0 Å². The van der Waals surface area contributed by atoms with Gasteiger partial charge in [-0.25, -0.2) is 0 Å². The first-order valence-corrected chi connectivity index (χ1v) is 13.6. The van der Waals surface area contributed by atoms with Crippen LogP contribution in [-0.4, -0.2) is 40.0 Å². The van der Waals surface area contributed by atoms with E-state index in [1.807, 2.05) is 0 Å². The van der Waals surface area contributed by atoms with Gasteiger partial charge in [0, 0.05) is 36.0 Å². The number of hydrogen-bond acceptors (Lipinski definition) is 8. The van der Waals surface area contributed by atoms with Crippen molar-refractivity contribution in [3.8, 4) is 17.2 Å². The Balaban J connectivity index is 1.39. The number of ether oxygens (including phenoxy) is 1. The number of phenols is 2. The number of halogens is 3. The number of nitrogens with one attached hydrogen (secondary N) is 2. The van der Waals surface area contributed by atoms with E-state index in [0.717, 1.165) is 18.2 Å². The van der Waals surface area contributed by atoms with Gasteiger partial charge in [0.25, 0.3) is 0 Å². The largest absolute Gasteiger partial charge is 0.507 e. The molecule has 228 valence electrons. The second-order valence-corrected chi connectivity index (χ2v) is 10.8. The maximum absolute atomic E-state index is 13.8. The lowest BCUT2D eigenvalue weighted by atomic mass is 9.70. The van der Waals surface area contributed by atoms with Crippen molar-refractivity contribution in [2.24, 2.45) is 0 Å². The van der Waals surface area contributed by atoms with Crippen molar-refractivity contribution >= 4 is 28.9 Å². The third-order valence-corrected chi connectivity index (χ3v) is 7.70. The maximum Gasteiger partial charge on any atom is 0.416 e. The summed E-state index contributed by atoms with van der Waals surface area (Å²) in [4.78, 5) is 51.3. The second kappa shape index (κ2) is 11.6. The van der Waals surface area contributed by atoms with Gasteiger partial charge in [-0.05, 0) is 58.7 Å². The smallest absolute Gasteiger partial charge is 0.416 e. The third kappa shape index (κ3) is 5.73. The molecule has 1 amide bonds. The molecule has 2 aromatic carbocycles. The number of carbonyl (C=O) groups excluding carboxylic acids is 4. The van der Waals surface area contributed by atoms with E-state index < -0.39 is 51.9 Å². The molecule has 12 heteroatoms. The number of Topliss-reactive ketones (excluding diaryl/α,β-unsaturated/α-hetero) is 2. The predicted molar refractivity (Wildman–Crippen MR) is 150 cm³/mol. The Kier molecular flexibility index (Phi) is 8.44. The molecule has 4 rings (SSSR count). The van der Waals surface area contributed by atoms with Crippen LogP contribution < -0.4 is 15.4 Å². The van der Waals surface area contributed by atoms with Crippen molar-refractivity contribution in [2.75, 3.05) is 11.9 Å². The molecule has 0 spiro atoms.